The van der Waals surface area contributed by atoms with Crippen LogP contribution in [0.3, 0.4) is 0 Å². The normalized spacial score (nSPS) is 11.2. The predicted octanol–water partition coefficient (Wildman–Crippen LogP) is 8.33. The van der Waals surface area contributed by atoms with Crippen LogP contribution >= 0.6 is 0 Å². The molecule has 0 saturated heterocycles. The summed E-state index contributed by atoms with van der Waals surface area (Å²) in [5.74, 6) is 2.04. The molecule has 0 aliphatic heterocycles. The van der Waals surface area contributed by atoms with Crippen LogP contribution in [0.1, 0.15) is 30.0 Å². The molecule has 0 heterocycles. The van der Waals surface area contributed by atoms with Crippen LogP contribution < -0.4 is 14.4 Å². The number of anilines is 3. The van der Waals surface area contributed by atoms with Crippen molar-refractivity contribution in [3.8, 4) is 23.0 Å². The van der Waals surface area contributed by atoms with E-state index in [4.69, 9.17) is 9.47 Å². The third-order valence-electron chi connectivity index (χ3n) is 7.53. The highest BCUT2D eigenvalue weighted by molar-refractivity contribution is 5.77. The lowest BCUT2D eigenvalue weighted by molar-refractivity contribution is 0.415. The molecule has 2 N–H and O–H groups in total. The maximum absolute atomic E-state index is 10.00. The zero-order chi connectivity index (χ0) is 28.1. The highest BCUT2D eigenvalue weighted by atomic mass is 16.5. The molecule has 0 radical (unpaired) electrons. The molecule has 0 aliphatic rings. The Labute approximate surface area is 235 Å². The Morgan fingerprint density at radius 3 is 1.10 bits per heavy atom. The molecule has 5 aromatic rings. The van der Waals surface area contributed by atoms with Gasteiger partial charge in [0, 0.05) is 22.5 Å². The van der Waals surface area contributed by atoms with Crippen molar-refractivity contribution >= 4 is 17.1 Å². The third kappa shape index (κ3) is 5.06. The molecule has 5 heteroatoms. The number of phenolic OH excluding ortho intramolecular Hbond substituents is 2. The van der Waals surface area contributed by atoms with E-state index in [0.29, 0.717) is 0 Å². The summed E-state index contributed by atoms with van der Waals surface area (Å²) in [6.45, 7) is 2.16. The molecule has 0 aromatic heterocycles. The highest BCUT2D eigenvalue weighted by Crippen LogP contribution is 2.44. The lowest BCUT2D eigenvalue weighted by Gasteiger charge is -2.36. The van der Waals surface area contributed by atoms with Crippen molar-refractivity contribution in [1.82, 2.24) is 0 Å². The maximum Gasteiger partial charge on any atom is 0.119 e. The van der Waals surface area contributed by atoms with Crippen molar-refractivity contribution in [3.05, 3.63) is 138 Å². The molecule has 0 fully saturated rings. The van der Waals surface area contributed by atoms with Gasteiger partial charge in [0.25, 0.3) is 0 Å². The van der Waals surface area contributed by atoms with E-state index < -0.39 is 5.41 Å². The highest BCUT2D eigenvalue weighted by Gasteiger charge is 2.35. The van der Waals surface area contributed by atoms with Crippen molar-refractivity contribution < 1.29 is 19.7 Å². The van der Waals surface area contributed by atoms with Gasteiger partial charge in [-0.1, -0.05) is 43.3 Å². The molecular weight excluding hydrogens is 498 g/mol. The van der Waals surface area contributed by atoms with E-state index in [1.807, 2.05) is 72.8 Å². The summed E-state index contributed by atoms with van der Waals surface area (Å²) in [7, 11) is 3.33. The second-order valence-corrected chi connectivity index (χ2v) is 9.63. The number of methoxy groups -OCH3 is 2. The van der Waals surface area contributed by atoms with Crippen molar-refractivity contribution in [1.29, 1.82) is 0 Å². The van der Waals surface area contributed by atoms with Gasteiger partial charge in [-0.2, -0.15) is 0 Å². The zero-order valence-electron chi connectivity index (χ0n) is 22.9. The van der Waals surface area contributed by atoms with E-state index in [9.17, 15) is 10.2 Å². The molecule has 0 bridgehead atoms. The Balaban J connectivity index is 1.63. The first-order valence-corrected chi connectivity index (χ1v) is 13.3. The van der Waals surface area contributed by atoms with Crippen LogP contribution in [0.4, 0.5) is 17.1 Å². The van der Waals surface area contributed by atoms with Crippen molar-refractivity contribution in [2.24, 2.45) is 0 Å². The quantitative estimate of drug-likeness (QED) is 0.187. The standard InChI is InChI=1S/C35H33NO4/c1-4-35(26-7-17-31(37)18-8-26,27-9-19-32(38)20-10-27)25-5-11-28(12-6-25)36(29-13-21-33(39-2)22-14-29)30-15-23-34(40-3)24-16-30/h5-24,37-38H,4H2,1-3H3. The minimum Gasteiger partial charge on any atom is -0.508 e. The Morgan fingerprint density at radius 2 is 0.800 bits per heavy atom. The fourth-order valence-corrected chi connectivity index (χ4v) is 5.41. The fraction of sp³-hybridized carbons (Fsp3) is 0.143. The molecule has 40 heavy (non-hydrogen) atoms. The van der Waals surface area contributed by atoms with Gasteiger partial charge in [0.05, 0.1) is 14.2 Å². The summed E-state index contributed by atoms with van der Waals surface area (Å²) in [4.78, 5) is 2.19. The van der Waals surface area contributed by atoms with E-state index in [1.165, 1.54) is 0 Å². The minimum absolute atomic E-state index is 0.226. The number of hydrogen-bond acceptors (Lipinski definition) is 5. The summed E-state index contributed by atoms with van der Waals surface area (Å²) in [5.41, 5.74) is 5.75. The summed E-state index contributed by atoms with van der Waals surface area (Å²) >= 11 is 0. The molecule has 0 spiro atoms. The number of aromatic hydroxyl groups is 2. The number of benzene rings is 5. The van der Waals surface area contributed by atoms with Gasteiger partial charge in [0.15, 0.2) is 0 Å². The number of nitrogens with zero attached hydrogens (tertiary/aromatic N) is 1. The molecule has 5 nitrogen and oxygen atoms in total. The molecule has 0 aliphatic carbocycles. The first-order chi connectivity index (χ1) is 19.5. The van der Waals surface area contributed by atoms with Crippen molar-refractivity contribution in [2.45, 2.75) is 18.8 Å². The predicted molar refractivity (Wildman–Crippen MR) is 161 cm³/mol. The lowest BCUT2D eigenvalue weighted by Crippen LogP contribution is -2.28. The van der Waals surface area contributed by atoms with Crippen LogP contribution in [0.5, 0.6) is 23.0 Å². The summed E-state index contributed by atoms with van der Waals surface area (Å²) < 4.78 is 10.8. The van der Waals surface area contributed by atoms with Crippen molar-refractivity contribution in [3.63, 3.8) is 0 Å². The lowest BCUT2D eigenvalue weighted by atomic mass is 9.67. The third-order valence-corrected chi connectivity index (χ3v) is 7.53. The van der Waals surface area contributed by atoms with E-state index in [2.05, 4.69) is 36.1 Å². The van der Waals surface area contributed by atoms with E-state index >= 15 is 0 Å². The molecule has 5 rings (SSSR count). The topological polar surface area (TPSA) is 62.2 Å². The molecule has 0 amide bonds. The van der Waals surface area contributed by atoms with Crippen LogP contribution in [0.2, 0.25) is 0 Å². The second kappa shape index (κ2) is 11.5. The van der Waals surface area contributed by atoms with Gasteiger partial charge in [-0.3, -0.25) is 0 Å². The first-order valence-electron chi connectivity index (χ1n) is 13.3. The minimum atomic E-state index is -0.481. The van der Waals surface area contributed by atoms with E-state index in [1.54, 1.807) is 38.5 Å². The van der Waals surface area contributed by atoms with Gasteiger partial charge in [-0.15, -0.1) is 0 Å². The Morgan fingerprint density at radius 1 is 0.500 bits per heavy atom. The van der Waals surface area contributed by atoms with Crippen LogP contribution in [-0.4, -0.2) is 24.4 Å². The number of rotatable bonds is 9. The number of ether oxygens (including phenoxy) is 2. The van der Waals surface area contributed by atoms with Crippen LogP contribution in [0.25, 0.3) is 0 Å². The molecule has 202 valence electrons. The Hall–Kier alpha value is -4.90. The number of hydrogen-bond donors (Lipinski definition) is 2. The van der Waals surface area contributed by atoms with Gasteiger partial charge < -0.3 is 24.6 Å². The van der Waals surface area contributed by atoms with E-state index in [0.717, 1.165) is 51.7 Å². The maximum atomic E-state index is 10.00. The summed E-state index contributed by atoms with van der Waals surface area (Å²) in [5, 5.41) is 20.0. The first kappa shape index (κ1) is 26.7. The smallest absolute Gasteiger partial charge is 0.119 e. The monoisotopic (exact) mass is 531 g/mol. The molecule has 0 unspecified atom stereocenters. The Kier molecular flexibility index (Phi) is 7.65. The average molecular weight is 532 g/mol. The second-order valence-electron chi connectivity index (χ2n) is 9.63. The molecule has 5 aromatic carbocycles. The van der Waals surface area contributed by atoms with Gasteiger partial charge in [-0.05, 0) is 108 Å². The Bertz CT molecular complexity index is 1430. The largest absolute Gasteiger partial charge is 0.508 e. The van der Waals surface area contributed by atoms with Gasteiger partial charge in [-0.25, -0.2) is 0 Å². The number of phenols is 2. The molecule has 0 saturated carbocycles. The van der Waals surface area contributed by atoms with Crippen molar-refractivity contribution in [2.75, 3.05) is 19.1 Å². The summed E-state index contributed by atoms with van der Waals surface area (Å²) in [6, 6.07) is 39.4. The van der Waals surface area contributed by atoms with E-state index in [-0.39, 0.29) is 11.5 Å². The zero-order valence-corrected chi connectivity index (χ0v) is 22.9. The van der Waals surface area contributed by atoms with Gasteiger partial charge in [0.2, 0.25) is 0 Å². The van der Waals surface area contributed by atoms with Crippen LogP contribution in [0, 0.1) is 0 Å². The van der Waals surface area contributed by atoms with Crippen LogP contribution in [0.15, 0.2) is 121 Å². The summed E-state index contributed by atoms with van der Waals surface area (Å²) in [6.07, 6.45) is 0.780. The van der Waals surface area contributed by atoms with Crippen LogP contribution in [-0.2, 0) is 5.41 Å². The molecular formula is C35H33NO4. The van der Waals surface area contributed by atoms with Gasteiger partial charge >= 0.3 is 0 Å². The molecule has 0 atom stereocenters. The SMILES string of the molecule is CCC(c1ccc(O)cc1)(c1ccc(O)cc1)c1ccc(N(c2ccc(OC)cc2)c2ccc(OC)cc2)cc1. The average Bonchev–Trinajstić information content (AvgIpc) is 3.01. The fourth-order valence-electron chi connectivity index (χ4n) is 5.41. The van der Waals surface area contributed by atoms with Gasteiger partial charge in [0.1, 0.15) is 23.0 Å².